The van der Waals surface area contributed by atoms with Crippen LogP contribution >= 0.6 is 11.6 Å². The van der Waals surface area contributed by atoms with Crippen molar-refractivity contribution in [3.63, 3.8) is 0 Å². The van der Waals surface area contributed by atoms with Gasteiger partial charge in [0, 0.05) is 21.5 Å². The zero-order chi connectivity index (χ0) is 18.7. The molecule has 3 aromatic rings. The number of fused-ring (bicyclic) bond motifs is 1. The van der Waals surface area contributed by atoms with Gasteiger partial charge in [-0.15, -0.1) is 0 Å². The summed E-state index contributed by atoms with van der Waals surface area (Å²) in [5, 5.41) is 13.6. The largest absolute Gasteiger partial charge is 0.369 e. The molecular formula is C20H22ClN5. The number of nitrogens with two attached hydrogens (primary N) is 1. The van der Waals surface area contributed by atoms with E-state index in [0.29, 0.717) is 10.9 Å². The standard InChI is InChI=1S/C20H22ClN5/c1-12(2)11-17(25-26-20(22)23)18-15-5-3-4-6-16(15)24-19(18)13-7-9-14(21)10-8-13/h3-10,12,24H,11H2,1-2H3,(H4,22,23,26). The van der Waals surface area contributed by atoms with Crippen LogP contribution in [-0.2, 0) is 0 Å². The molecule has 0 saturated heterocycles. The number of aromatic nitrogens is 1. The van der Waals surface area contributed by atoms with Crippen LogP contribution < -0.4 is 11.2 Å². The highest BCUT2D eigenvalue weighted by molar-refractivity contribution is 6.30. The van der Waals surface area contributed by atoms with E-state index < -0.39 is 0 Å². The third-order valence-electron chi connectivity index (χ3n) is 4.04. The first-order valence-electron chi connectivity index (χ1n) is 8.49. The second-order valence-electron chi connectivity index (χ2n) is 6.61. The minimum absolute atomic E-state index is 0.181. The number of benzene rings is 2. The number of nitrogens with zero attached hydrogens (tertiary/aromatic N) is 1. The Hall–Kier alpha value is -2.79. The third kappa shape index (κ3) is 3.89. The molecule has 2 aromatic carbocycles. The Balaban J connectivity index is 2.23. The van der Waals surface area contributed by atoms with Crippen molar-refractivity contribution in [3.8, 4) is 11.3 Å². The van der Waals surface area contributed by atoms with Crippen molar-refractivity contribution in [1.29, 1.82) is 5.41 Å². The second-order valence-corrected chi connectivity index (χ2v) is 7.05. The summed E-state index contributed by atoms with van der Waals surface area (Å²) < 4.78 is 0. The third-order valence-corrected chi connectivity index (χ3v) is 4.29. The summed E-state index contributed by atoms with van der Waals surface area (Å²) >= 11 is 6.05. The van der Waals surface area contributed by atoms with Crippen molar-refractivity contribution in [2.24, 2.45) is 16.8 Å². The van der Waals surface area contributed by atoms with Gasteiger partial charge in [-0.05, 0) is 36.1 Å². The van der Waals surface area contributed by atoms with Crippen molar-refractivity contribution in [2.45, 2.75) is 20.3 Å². The van der Waals surface area contributed by atoms with Crippen LogP contribution in [0.3, 0.4) is 0 Å². The highest BCUT2D eigenvalue weighted by Gasteiger charge is 2.19. The lowest BCUT2D eigenvalue weighted by Gasteiger charge is -2.12. The van der Waals surface area contributed by atoms with E-state index in [4.69, 9.17) is 22.7 Å². The van der Waals surface area contributed by atoms with Crippen molar-refractivity contribution in [3.05, 3.63) is 59.1 Å². The van der Waals surface area contributed by atoms with E-state index >= 15 is 0 Å². The number of guanidine groups is 1. The number of nitrogens with one attached hydrogen (secondary N) is 3. The predicted molar refractivity (Wildman–Crippen MR) is 110 cm³/mol. The summed E-state index contributed by atoms with van der Waals surface area (Å²) in [6.45, 7) is 4.28. The Morgan fingerprint density at radius 2 is 1.88 bits per heavy atom. The van der Waals surface area contributed by atoms with Gasteiger partial charge in [-0.2, -0.15) is 5.10 Å². The molecule has 0 aliphatic heterocycles. The predicted octanol–water partition coefficient (Wildman–Crippen LogP) is 4.72. The van der Waals surface area contributed by atoms with Gasteiger partial charge >= 0.3 is 0 Å². The molecule has 0 bridgehead atoms. The van der Waals surface area contributed by atoms with Gasteiger partial charge in [-0.25, -0.2) is 5.43 Å². The van der Waals surface area contributed by atoms with E-state index in [1.54, 1.807) is 0 Å². The SMILES string of the molecule is CC(C)CC(=NNC(=N)N)c1c(-c2ccc(Cl)cc2)[nH]c2ccccc12. The monoisotopic (exact) mass is 367 g/mol. The molecule has 3 rings (SSSR count). The van der Waals surface area contributed by atoms with Crippen LogP contribution in [0.1, 0.15) is 25.8 Å². The first kappa shape index (κ1) is 18.0. The summed E-state index contributed by atoms with van der Waals surface area (Å²) in [6, 6.07) is 15.9. The molecular weight excluding hydrogens is 346 g/mol. The minimum Gasteiger partial charge on any atom is -0.369 e. The number of para-hydroxylation sites is 1. The Bertz CT molecular complexity index is 954. The Morgan fingerprint density at radius 3 is 2.54 bits per heavy atom. The van der Waals surface area contributed by atoms with Crippen molar-refractivity contribution >= 4 is 34.2 Å². The fraction of sp³-hybridized carbons (Fsp3) is 0.200. The average molecular weight is 368 g/mol. The first-order chi connectivity index (χ1) is 12.5. The molecule has 0 fully saturated rings. The van der Waals surface area contributed by atoms with Gasteiger partial charge in [-0.1, -0.05) is 55.8 Å². The van der Waals surface area contributed by atoms with Gasteiger partial charge in [-0.3, -0.25) is 5.41 Å². The van der Waals surface area contributed by atoms with E-state index in [1.807, 2.05) is 42.5 Å². The van der Waals surface area contributed by atoms with Crippen LogP contribution in [0.2, 0.25) is 5.02 Å². The maximum absolute atomic E-state index is 7.44. The van der Waals surface area contributed by atoms with Gasteiger partial charge in [0.05, 0.1) is 11.4 Å². The quantitative estimate of drug-likeness (QED) is 0.298. The number of hydrogen-bond acceptors (Lipinski definition) is 2. The molecule has 0 unspecified atom stereocenters. The Labute approximate surface area is 157 Å². The fourth-order valence-electron chi connectivity index (χ4n) is 2.99. The summed E-state index contributed by atoms with van der Waals surface area (Å²) in [5.74, 6) is 0.216. The number of hydrazone groups is 1. The van der Waals surface area contributed by atoms with Crippen molar-refractivity contribution in [2.75, 3.05) is 0 Å². The topological polar surface area (TPSA) is 90.1 Å². The molecule has 0 aliphatic rings. The number of halogens is 1. The number of H-pyrrole nitrogens is 1. The molecule has 0 atom stereocenters. The summed E-state index contributed by atoms with van der Waals surface area (Å²) in [7, 11) is 0. The van der Waals surface area contributed by atoms with E-state index in [2.05, 4.69) is 35.4 Å². The lowest BCUT2D eigenvalue weighted by Crippen LogP contribution is -2.27. The van der Waals surface area contributed by atoms with Crippen LogP contribution in [-0.4, -0.2) is 16.7 Å². The summed E-state index contributed by atoms with van der Waals surface area (Å²) in [5.41, 5.74) is 13.0. The van der Waals surface area contributed by atoms with Gasteiger partial charge in [0.1, 0.15) is 0 Å². The molecule has 1 heterocycles. The molecule has 5 N–H and O–H groups in total. The van der Waals surface area contributed by atoms with Gasteiger partial charge < -0.3 is 10.7 Å². The van der Waals surface area contributed by atoms with Gasteiger partial charge in [0.15, 0.2) is 0 Å². The molecule has 6 heteroatoms. The zero-order valence-corrected chi connectivity index (χ0v) is 15.6. The zero-order valence-electron chi connectivity index (χ0n) is 14.8. The molecule has 0 aliphatic carbocycles. The first-order valence-corrected chi connectivity index (χ1v) is 8.87. The second kappa shape index (κ2) is 7.62. The van der Waals surface area contributed by atoms with Gasteiger partial charge in [0.25, 0.3) is 0 Å². The van der Waals surface area contributed by atoms with Crippen LogP contribution in [0.25, 0.3) is 22.2 Å². The van der Waals surface area contributed by atoms with Crippen molar-refractivity contribution < 1.29 is 0 Å². The lowest BCUT2D eigenvalue weighted by atomic mass is 9.95. The van der Waals surface area contributed by atoms with E-state index in [0.717, 1.165) is 39.9 Å². The minimum atomic E-state index is -0.181. The summed E-state index contributed by atoms with van der Waals surface area (Å²) in [6.07, 6.45) is 0.753. The maximum atomic E-state index is 7.44. The highest BCUT2D eigenvalue weighted by atomic mass is 35.5. The molecule has 26 heavy (non-hydrogen) atoms. The fourth-order valence-corrected chi connectivity index (χ4v) is 3.12. The van der Waals surface area contributed by atoms with E-state index in [1.165, 1.54) is 0 Å². The Kier molecular flexibility index (Phi) is 5.28. The number of aromatic amines is 1. The maximum Gasteiger partial charge on any atom is 0.206 e. The normalized spacial score (nSPS) is 11.9. The van der Waals surface area contributed by atoms with E-state index in [-0.39, 0.29) is 5.96 Å². The molecule has 5 nitrogen and oxygen atoms in total. The molecule has 0 spiro atoms. The van der Waals surface area contributed by atoms with Gasteiger partial charge in [0.2, 0.25) is 5.96 Å². The number of rotatable bonds is 5. The molecule has 0 saturated carbocycles. The molecule has 1 aromatic heterocycles. The smallest absolute Gasteiger partial charge is 0.206 e. The highest BCUT2D eigenvalue weighted by Crippen LogP contribution is 2.32. The van der Waals surface area contributed by atoms with Crippen LogP contribution in [0, 0.1) is 11.3 Å². The molecule has 0 amide bonds. The Morgan fingerprint density at radius 1 is 1.19 bits per heavy atom. The average Bonchev–Trinajstić information content (AvgIpc) is 2.98. The van der Waals surface area contributed by atoms with Crippen LogP contribution in [0.5, 0.6) is 0 Å². The van der Waals surface area contributed by atoms with E-state index in [9.17, 15) is 0 Å². The lowest BCUT2D eigenvalue weighted by molar-refractivity contribution is 0.681. The molecule has 0 radical (unpaired) electrons. The van der Waals surface area contributed by atoms with Crippen LogP contribution in [0.4, 0.5) is 0 Å². The van der Waals surface area contributed by atoms with Crippen molar-refractivity contribution in [1.82, 2.24) is 10.4 Å². The number of hydrogen-bond donors (Lipinski definition) is 4. The molecule has 134 valence electrons. The van der Waals surface area contributed by atoms with Crippen LogP contribution in [0.15, 0.2) is 53.6 Å². The summed E-state index contributed by atoms with van der Waals surface area (Å²) in [4.78, 5) is 3.50.